The van der Waals surface area contributed by atoms with Gasteiger partial charge in [-0.25, -0.2) is 4.79 Å². The lowest BCUT2D eigenvalue weighted by atomic mass is 10.0. The molecule has 1 aliphatic rings. The number of hydrogen-bond acceptors (Lipinski definition) is 3. The first kappa shape index (κ1) is 17.0. The molecular weight excluding hydrogens is 392 g/mol. The number of carbonyl (C=O) groups excluding carboxylic acids is 1. The minimum atomic E-state index is -0.294. The first-order chi connectivity index (χ1) is 11.6. The molecule has 1 aromatic heterocycles. The van der Waals surface area contributed by atoms with Crippen LogP contribution in [0.5, 0.6) is 0 Å². The molecule has 6 heteroatoms. The van der Waals surface area contributed by atoms with E-state index in [1.165, 1.54) is 0 Å². The Morgan fingerprint density at radius 3 is 2.79 bits per heavy atom. The molecule has 0 bridgehead atoms. The predicted molar refractivity (Wildman–Crippen MR) is 97.7 cm³/mol. The Hall–Kier alpha value is -1.85. The normalized spacial score (nSPS) is 14.2. The Morgan fingerprint density at radius 1 is 1.33 bits per heavy atom. The van der Waals surface area contributed by atoms with Crippen molar-refractivity contribution < 1.29 is 9.53 Å². The van der Waals surface area contributed by atoms with Gasteiger partial charge in [0.25, 0.3) is 0 Å². The minimum Gasteiger partial charge on any atom is -0.445 e. The van der Waals surface area contributed by atoms with Crippen LogP contribution in [-0.2, 0) is 11.3 Å². The van der Waals surface area contributed by atoms with E-state index in [2.05, 4.69) is 20.9 Å². The van der Waals surface area contributed by atoms with Crippen LogP contribution in [0.2, 0.25) is 5.02 Å². The lowest BCUT2D eigenvalue weighted by Gasteiger charge is -2.26. The van der Waals surface area contributed by atoms with Gasteiger partial charge in [-0.1, -0.05) is 48.0 Å². The Labute approximate surface area is 154 Å². The highest BCUT2D eigenvalue weighted by Gasteiger charge is 2.20. The van der Waals surface area contributed by atoms with Gasteiger partial charge in [-0.2, -0.15) is 0 Å². The Bertz CT molecular complexity index is 765. The van der Waals surface area contributed by atoms with Gasteiger partial charge in [0.2, 0.25) is 0 Å². The number of aromatic nitrogens is 1. The van der Waals surface area contributed by atoms with Crippen molar-refractivity contribution in [1.29, 1.82) is 0 Å². The first-order valence-electron chi connectivity index (χ1n) is 7.59. The van der Waals surface area contributed by atoms with Crippen molar-refractivity contribution in [2.75, 3.05) is 13.1 Å². The number of rotatable bonds is 3. The summed E-state index contributed by atoms with van der Waals surface area (Å²) in [6.07, 6.45) is 4.07. The molecule has 0 fully saturated rings. The van der Waals surface area contributed by atoms with E-state index in [0.29, 0.717) is 18.1 Å². The van der Waals surface area contributed by atoms with E-state index in [0.717, 1.165) is 27.7 Å². The molecule has 3 rings (SSSR count). The van der Waals surface area contributed by atoms with Crippen LogP contribution in [0.4, 0.5) is 4.79 Å². The lowest BCUT2D eigenvalue weighted by molar-refractivity contribution is 0.0998. The lowest BCUT2D eigenvalue weighted by Crippen LogP contribution is -2.35. The summed E-state index contributed by atoms with van der Waals surface area (Å²) < 4.78 is 6.23. The van der Waals surface area contributed by atoms with Crippen molar-refractivity contribution in [3.05, 3.63) is 69.4 Å². The zero-order chi connectivity index (χ0) is 16.9. The minimum absolute atomic E-state index is 0.289. The smallest absolute Gasteiger partial charge is 0.410 e. The van der Waals surface area contributed by atoms with Gasteiger partial charge in [0.1, 0.15) is 6.61 Å². The molecule has 0 aliphatic carbocycles. The third kappa shape index (κ3) is 4.16. The highest BCUT2D eigenvalue weighted by molar-refractivity contribution is 9.10. The zero-order valence-corrected chi connectivity index (χ0v) is 15.3. The van der Waals surface area contributed by atoms with Crippen LogP contribution in [0.1, 0.15) is 17.7 Å². The van der Waals surface area contributed by atoms with E-state index in [1.54, 1.807) is 11.1 Å². The Morgan fingerprint density at radius 2 is 2.12 bits per heavy atom. The largest absolute Gasteiger partial charge is 0.445 e. The van der Waals surface area contributed by atoms with Crippen molar-refractivity contribution in [3.8, 4) is 0 Å². The Kier molecular flexibility index (Phi) is 5.53. The molecular formula is C18H16BrClN2O2. The molecule has 0 spiro atoms. The SMILES string of the molecule is O=C(OCc1ccccc1)N1CC=C(c2ncc(Cl)cc2Br)CC1. The maximum absolute atomic E-state index is 12.2. The molecule has 0 saturated carbocycles. The van der Waals surface area contributed by atoms with E-state index >= 15 is 0 Å². The summed E-state index contributed by atoms with van der Waals surface area (Å²) >= 11 is 9.41. The van der Waals surface area contributed by atoms with Crippen molar-refractivity contribution in [1.82, 2.24) is 9.88 Å². The standard InChI is InChI=1S/C18H16BrClN2O2/c19-16-10-15(20)11-21-17(16)14-6-8-22(9-7-14)18(23)24-12-13-4-2-1-3-5-13/h1-6,10-11H,7-9,12H2. The fourth-order valence-electron chi connectivity index (χ4n) is 2.51. The number of hydrogen-bond donors (Lipinski definition) is 0. The number of ether oxygens (including phenoxy) is 1. The van der Waals surface area contributed by atoms with Crippen LogP contribution < -0.4 is 0 Å². The molecule has 24 heavy (non-hydrogen) atoms. The van der Waals surface area contributed by atoms with Crippen LogP contribution in [0, 0.1) is 0 Å². The maximum atomic E-state index is 12.2. The van der Waals surface area contributed by atoms with Crippen LogP contribution in [0.25, 0.3) is 5.57 Å². The van der Waals surface area contributed by atoms with Gasteiger partial charge >= 0.3 is 6.09 Å². The van der Waals surface area contributed by atoms with Gasteiger partial charge in [-0.3, -0.25) is 4.98 Å². The first-order valence-corrected chi connectivity index (χ1v) is 8.76. The maximum Gasteiger partial charge on any atom is 0.410 e. The van der Waals surface area contributed by atoms with Gasteiger partial charge in [-0.05, 0) is 39.6 Å². The summed E-state index contributed by atoms with van der Waals surface area (Å²) in [6.45, 7) is 1.41. The van der Waals surface area contributed by atoms with Gasteiger partial charge in [0.05, 0.1) is 10.7 Å². The Balaban J connectivity index is 1.59. The van der Waals surface area contributed by atoms with Crippen molar-refractivity contribution in [2.24, 2.45) is 0 Å². The van der Waals surface area contributed by atoms with Crippen LogP contribution in [-0.4, -0.2) is 29.1 Å². The fourth-order valence-corrected chi connectivity index (χ4v) is 3.40. The van der Waals surface area contributed by atoms with E-state index in [1.807, 2.05) is 42.5 Å². The summed E-state index contributed by atoms with van der Waals surface area (Å²) in [6, 6.07) is 11.5. The zero-order valence-electron chi connectivity index (χ0n) is 12.9. The van der Waals surface area contributed by atoms with E-state index in [4.69, 9.17) is 16.3 Å². The van der Waals surface area contributed by atoms with E-state index in [-0.39, 0.29) is 12.7 Å². The van der Waals surface area contributed by atoms with E-state index < -0.39 is 0 Å². The number of carbonyl (C=O) groups is 1. The molecule has 1 aliphatic heterocycles. The number of halogens is 2. The number of benzene rings is 1. The van der Waals surface area contributed by atoms with Crippen molar-refractivity contribution in [2.45, 2.75) is 13.0 Å². The molecule has 0 saturated heterocycles. The highest BCUT2D eigenvalue weighted by atomic mass is 79.9. The van der Waals surface area contributed by atoms with Gasteiger partial charge < -0.3 is 9.64 Å². The summed E-state index contributed by atoms with van der Waals surface area (Å²) in [5.74, 6) is 0. The summed E-state index contributed by atoms with van der Waals surface area (Å²) in [7, 11) is 0. The molecule has 124 valence electrons. The third-order valence-corrected chi connectivity index (χ3v) is 4.60. The second-order valence-corrected chi connectivity index (χ2v) is 6.74. The second-order valence-electron chi connectivity index (χ2n) is 5.45. The quantitative estimate of drug-likeness (QED) is 0.725. The molecule has 0 unspecified atom stereocenters. The van der Waals surface area contributed by atoms with E-state index in [9.17, 15) is 4.79 Å². The van der Waals surface area contributed by atoms with Gasteiger partial charge in [0, 0.05) is 23.8 Å². The number of pyridine rings is 1. The molecule has 2 heterocycles. The van der Waals surface area contributed by atoms with Crippen LogP contribution >= 0.6 is 27.5 Å². The topological polar surface area (TPSA) is 42.4 Å². The number of amides is 1. The van der Waals surface area contributed by atoms with Gasteiger partial charge in [0.15, 0.2) is 0 Å². The van der Waals surface area contributed by atoms with Gasteiger partial charge in [-0.15, -0.1) is 0 Å². The van der Waals surface area contributed by atoms with Crippen LogP contribution in [0.3, 0.4) is 0 Å². The molecule has 0 N–H and O–H groups in total. The van der Waals surface area contributed by atoms with Crippen LogP contribution in [0.15, 0.2) is 53.1 Å². The number of nitrogens with zero attached hydrogens (tertiary/aromatic N) is 2. The average Bonchev–Trinajstić information content (AvgIpc) is 2.61. The predicted octanol–water partition coefficient (Wildman–Crippen LogP) is 4.92. The fraction of sp³-hybridized carbons (Fsp3) is 0.222. The summed E-state index contributed by atoms with van der Waals surface area (Å²) in [5, 5.41) is 0.591. The molecule has 1 amide bonds. The van der Waals surface area contributed by atoms with Crippen molar-refractivity contribution >= 4 is 39.2 Å². The summed E-state index contributed by atoms with van der Waals surface area (Å²) in [4.78, 5) is 18.2. The molecule has 0 atom stereocenters. The molecule has 4 nitrogen and oxygen atoms in total. The second kappa shape index (κ2) is 7.81. The average molecular weight is 408 g/mol. The monoisotopic (exact) mass is 406 g/mol. The molecule has 0 radical (unpaired) electrons. The van der Waals surface area contributed by atoms with Crippen molar-refractivity contribution in [3.63, 3.8) is 0 Å². The molecule has 1 aromatic carbocycles. The summed E-state index contributed by atoms with van der Waals surface area (Å²) in [5.41, 5.74) is 2.95. The highest BCUT2D eigenvalue weighted by Crippen LogP contribution is 2.29. The third-order valence-electron chi connectivity index (χ3n) is 3.78. The molecule has 2 aromatic rings.